The Balaban J connectivity index is 1.90. The number of aromatic nitrogens is 1. The van der Waals surface area contributed by atoms with Crippen molar-refractivity contribution in [3.63, 3.8) is 0 Å². The van der Waals surface area contributed by atoms with Gasteiger partial charge in [-0.15, -0.1) is 11.3 Å². The standard InChI is InChI=1S/C22H24N2O4S/c1-15(16-7-5-4-6-8-16)24(13-21-23-19(14-29-21)22(25)26)12-17-9-10-18(27-2)11-20(17)28-3/h4-11,14-15H,12-13H2,1-3H3,(H,25,26). The molecule has 3 rings (SSSR count). The fourth-order valence-corrected chi connectivity index (χ4v) is 3.92. The van der Waals surface area contributed by atoms with E-state index in [2.05, 4.69) is 28.9 Å². The van der Waals surface area contributed by atoms with Crippen LogP contribution in [0.3, 0.4) is 0 Å². The van der Waals surface area contributed by atoms with Gasteiger partial charge in [0.1, 0.15) is 16.5 Å². The summed E-state index contributed by atoms with van der Waals surface area (Å²) in [6.07, 6.45) is 0. The molecule has 0 radical (unpaired) electrons. The van der Waals surface area contributed by atoms with E-state index in [0.29, 0.717) is 13.1 Å². The van der Waals surface area contributed by atoms with Crippen LogP contribution in [-0.4, -0.2) is 35.2 Å². The van der Waals surface area contributed by atoms with Crippen molar-refractivity contribution in [1.82, 2.24) is 9.88 Å². The molecule has 1 aromatic heterocycles. The third-order valence-corrected chi connectivity index (χ3v) is 5.64. The van der Waals surface area contributed by atoms with Gasteiger partial charge in [-0.25, -0.2) is 9.78 Å². The zero-order valence-corrected chi connectivity index (χ0v) is 17.5. The quantitative estimate of drug-likeness (QED) is 0.553. The maximum Gasteiger partial charge on any atom is 0.355 e. The van der Waals surface area contributed by atoms with Crippen LogP contribution in [-0.2, 0) is 13.1 Å². The number of ether oxygens (including phenoxy) is 2. The molecular weight excluding hydrogens is 388 g/mol. The summed E-state index contributed by atoms with van der Waals surface area (Å²) in [5.74, 6) is 0.478. The van der Waals surface area contributed by atoms with Gasteiger partial charge in [0, 0.05) is 29.6 Å². The summed E-state index contributed by atoms with van der Waals surface area (Å²) in [7, 11) is 3.27. The van der Waals surface area contributed by atoms with Gasteiger partial charge in [-0.3, -0.25) is 4.90 Å². The predicted molar refractivity (Wildman–Crippen MR) is 113 cm³/mol. The van der Waals surface area contributed by atoms with E-state index >= 15 is 0 Å². The molecule has 0 aliphatic heterocycles. The molecule has 0 spiro atoms. The van der Waals surface area contributed by atoms with Crippen LogP contribution < -0.4 is 9.47 Å². The molecule has 0 amide bonds. The molecule has 152 valence electrons. The lowest BCUT2D eigenvalue weighted by Gasteiger charge is -2.29. The second-order valence-corrected chi connectivity index (χ2v) is 7.54. The van der Waals surface area contributed by atoms with Gasteiger partial charge in [0.2, 0.25) is 0 Å². The van der Waals surface area contributed by atoms with Crippen molar-refractivity contribution in [3.8, 4) is 11.5 Å². The van der Waals surface area contributed by atoms with E-state index in [1.54, 1.807) is 19.6 Å². The number of nitrogens with zero attached hydrogens (tertiary/aromatic N) is 2. The molecule has 1 unspecified atom stereocenters. The molecule has 0 bridgehead atoms. The summed E-state index contributed by atoms with van der Waals surface area (Å²) in [5, 5.41) is 11.5. The molecule has 1 heterocycles. The van der Waals surface area contributed by atoms with Crippen LogP contribution in [0.2, 0.25) is 0 Å². The largest absolute Gasteiger partial charge is 0.497 e. The number of hydrogen-bond donors (Lipinski definition) is 1. The van der Waals surface area contributed by atoms with E-state index < -0.39 is 5.97 Å². The average Bonchev–Trinajstić information content (AvgIpc) is 3.22. The highest BCUT2D eigenvalue weighted by Crippen LogP contribution is 2.30. The van der Waals surface area contributed by atoms with Crippen molar-refractivity contribution >= 4 is 17.3 Å². The highest BCUT2D eigenvalue weighted by atomic mass is 32.1. The van der Waals surface area contributed by atoms with Gasteiger partial charge in [0.05, 0.1) is 20.8 Å². The van der Waals surface area contributed by atoms with Crippen molar-refractivity contribution in [2.45, 2.75) is 26.1 Å². The van der Waals surface area contributed by atoms with E-state index in [9.17, 15) is 9.90 Å². The number of hydrogen-bond acceptors (Lipinski definition) is 6. The average molecular weight is 413 g/mol. The zero-order chi connectivity index (χ0) is 20.8. The highest BCUT2D eigenvalue weighted by Gasteiger charge is 2.21. The van der Waals surface area contributed by atoms with Crippen molar-refractivity contribution in [2.75, 3.05) is 14.2 Å². The number of methoxy groups -OCH3 is 2. The van der Waals surface area contributed by atoms with Gasteiger partial charge in [-0.1, -0.05) is 36.4 Å². The smallest absolute Gasteiger partial charge is 0.355 e. The lowest BCUT2D eigenvalue weighted by atomic mass is 10.1. The summed E-state index contributed by atoms with van der Waals surface area (Å²) in [4.78, 5) is 17.7. The minimum absolute atomic E-state index is 0.0827. The Hall–Kier alpha value is -2.90. The molecular formula is C22H24N2O4S. The van der Waals surface area contributed by atoms with E-state index in [1.165, 1.54) is 16.9 Å². The predicted octanol–water partition coefficient (Wildman–Crippen LogP) is 4.62. The van der Waals surface area contributed by atoms with Crippen LogP contribution in [0, 0.1) is 0 Å². The Kier molecular flexibility index (Phi) is 6.85. The second kappa shape index (κ2) is 9.54. The van der Waals surface area contributed by atoms with Crippen LogP contribution in [0.15, 0.2) is 53.9 Å². The third-order valence-electron chi connectivity index (χ3n) is 4.81. The Morgan fingerprint density at radius 1 is 1.14 bits per heavy atom. The number of carboxylic acid groups (broad SMARTS) is 1. The van der Waals surface area contributed by atoms with Crippen LogP contribution in [0.5, 0.6) is 11.5 Å². The Morgan fingerprint density at radius 2 is 1.90 bits per heavy atom. The van der Waals surface area contributed by atoms with E-state index in [0.717, 1.165) is 22.1 Å². The fraction of sp³-hybridized carbons (Fsp3) is 0.273. The molecule has 3 aromatic rings. The third kappa shape index (κ3) is 5.13. The number of carboxylic acids is 1. The summed E-state index contributed by atoms with van der Waals surface area (Å²) >= 11 is 1.36. The van der Waals surface area contributed by atoms with Crippen molar-refractivity contribution in [3.05, 3.63) is 75.7 Å². The van der Waals surface area contributed by atoms with Crippen molar-refractivity contribution in [2.24, 2.45) is 0 Å². The lowest BCUT2D eigenvalue weighted by molar-refractivity contribution is 0.0691. The molecule has 0 fully saturated rings. The number of thiazole rings is 1. The van der Waals surface area contributed by atoms with Crippen molar-refractivity contribution in [1.29, 1.82) is 0 Å². The Morgan fingerprint density at radius 3 is 2.52 bits per heavy atom. The normalized spacial score (nSPS) is 12.0. The monoisotopic (exact) mass is 412 g/mol. The highest BCUT2D eigenvalue weighted by molar-refractivity contribution is 7.09. The van der Waals surface area contributed by atoms with Gasteiger partial charge in [-0.2, -0.15) is 0 Å². The Labute approximate surface area is 174 Å². The summed E-state index contributed by atoms with van der Waals surface area (Å²) in [5.41, 5.74) is 2.28. The molecule has 2 aromatic carbocycles. The molecule has 0 aliphatic carbocycles. The number of carbonyl (C=O) groups is 1. The minimum Gasteiger partial charge on any atom is -0.497 e. The summed E-state index contributed by atoms with van der Waals surface area (Å²) in [6, 6.07) is 16.1. The van der Waals surface area contributed by atoms with Gasteiger partial charge in [0.25, 0.3) is 0 Å². The maximum absolute atomic E-state index is 11.2. The lowest BCUT2D eigenvalue weighted by Crippen LogP contribution is -2.26. The molecule has 0 aliphatic rings. The van der Waals surface area contributed by atoms with E-state index in [1.807, 2.05) is 36.4 Å². The van der Waals surface area contributed by atoms with Crippen LogP contribution >= 0.6 is 11.3 Å². The zero-order valence-electron chi connectivity index (χ0n) is 16.7. The molecule has 6 nitrogen and oxygen atoms in total. The first-order valence-electron chi connectivity index (χ1n) is 9.19. The summed E-state index contributed by atoms with van der Waals surface area (Å²) in [6.45, 7) is 3.28. The molecule has 1 N–H and O–H groups in total. The molecule has 1 atom stereocenters. The first-order valence-corrected chi connectivity index (χ1v) is 10.1. The van der Waals surface area contributed by atoms with Crippen LogP contribution in [0.1, 0.15) is 39.6 Å². The van der Waals surface area contributed by atoms with Gasteiger partial charge in [-0.05, 0) is 18.6 Å². The maximum atomic E-state index is 11.2. The second-order valence-electron chi connectivity index (χ2n) is 6.60. The van der Waals surface area contributed by atoms with E-state index in [-0.39, 0.29) is 11.7 Å². The van der Waals surface area contributed by atoms with E-state index in [4.69, 9.17) is 9.47 Å². The summed E-state index contributed by atoms with van der Waals surface area (Å²) < 4.78 is 10.9. The van der Waals surface area contributed by atoms with Gasteiger partial charge < -0.3 is 14.6 Å². The number of benzene rings is 2. The van der Waals surface area contributed by atoms with Gasteiger partial charge >= 0.3 is 5.97 Å². The first-order chi connectivity index (χ1) is 14.0. The van der Waals surface area contributed by atoms with Crippen molar-refractivity contribution < 1.29 is 19.4 Å². The van der Waals surface area contributed by atoms with Crippen LogP contribution in [0.25, 0.3) is 0 Å². The number of rotatable bonds is 9. The Bertz CT molecular complexity index is 958. The first kappa shape index (κ1) is 20.8. The molecule has 0 saturated carbocycles. The minimum atomic E-state index is -1.01. The SMILES string of the molecule is COc1ccc(CN(Cc2nc(C(=O)O)cs2)C(C)c2ccccc2)c(OC)c1. The fourth-order valence-electron chi connectivity index (χ4n) is 3.13. The van der Waals surface area contributed by atoms with Crippen LogP contribution in [0.4, 0.5) is 0 Å². The molecule has 7 heteroatoms. The molecule has 0 saturated heterocycles. The topological polar surface area (TPSA) is 71.9 Å². The number of aromatic carboxylic acids is 1. The van der Waals surface area contributed by atoms with Gasteiger partial charge in [0.15, 0.2) is 5.69 Å². The molecule has 29 heavy (non-hydrogen) atoms.